The highest BCUT2D eigenvalue weighted by molar-refractivity contribution is 7.95. The summed E-state index contributed by atoms with van der Waals surface area (Å²) in [5.74, 6) is -0.515. The standard InChI is InChI=1S/C25H23N5O4S/c31-24(28-14-16-29(17-15-28)35(33,34)20-10-5-2-6-11-20)22-25(32)30(18-19-8-3-1-4-9-19)23-21(27-22)12-7-13-26-23/h1-13H,14-18H2. The minimum absolute atomic E-state index is 0.135. The zero-order valence-corrected chi connectivity index (χ0v) is 19.6. The van der Waals surface area contributed by atoms with Crippen LogP contribution in [0.5, 0.6) is 0 Å². The lowest BCUT2D eigenvalue weighted by molar-refractivity contribution is 0.0685. The van der Waals surface area contributed by atoms with Crippen LogP contribution in [-0.4, -0.2) is 60.4 Å². The third-order valence-corrected chi connectivity index (χ3v) is 7.91. The number of pyridine rings is 1. The number of sulfonamides is 1. The van der Waals surface area contributed by atoms with Gasteiger partial charge in [0.2, 0.25) is 0 Å². The monoisotopic (exact) mass is 489 g/mol. The minimum atomic E-state index is -3.65. The Morgan fingerprint density at radius 2 is 1.57 bits per heavy atom. The summed E-state index contributed by atoms with van der Waals surface area (Å²) in [6.45, 7) is 0.845. The van der Waals surface area contributed by atoms with E-state index in [9.17, 15) is 18.4 Å². The van der Waals surface area contributed by atoms with Crippen molar-refractivity contribution >= 4 is 27.5 Å². The zero-order valence-electron chi connectivity index (χ0n) is 18.8. The molecule has 1 unspecified atom stereocenters. The number of aromatic nitrogens is 3. The molecule has 1 amide bonds. The molecular weight excluding hydrogens is 466 g/mol. The van der Waals surface area contributed by atoms with Gasteiger partial charge < -0.3 is 9.45 Å². The lowest BCUT2D eigenvalue weighted by Crippen LogP contribution is -2.53. The van der Waals surface area contributed by atoms with Gasteiger partial charge in [0.15, 0.2) is 26.6 Å². The van der Waals surface area contributed by atoms with Gasteiger partial charge >= 0.3 is 0 Å². The van der Waals surface area contributed by atoms with Crippen LogP contribution in [0.25, 0.3) is 11.2 Å². The van der Waals surface area contributed by atoms with Gasteiger partial charge in [-0.15, -0.1) is 4.31 Å². The topological polar surface area (TPSA) is 111 Å². The van der Waals surface area contributed by atoms with E-state index in [4.69, 9.17) is 0 Å². The van der Waals surface area contributed by atoms with E-state index >= 15 is 0 Å². The van der Waals surface area contributed by atoms with Crippen molar-refractivity contribution in [3.05, 3.63) is 101 Å². The molecule has 9 nitrogen and oxygen atoms in total. The van der Waals surface area contributed by atoms with Crippen LogP contribution in [0.3, 0.4) is 0 Å². The van der Waals surface area contributed by atoms with Crippen LogP contribution in [0.1, 0.15) is 16.1 Å². The third-order valence-electron chi connectivity index (χ3n) is 5.99. The van der Waals surface area contributed by atoms with Crippen molar-refractivity contribution in [2.75, 3.05) is 26.2 Å². The van der Waals surface area contributed by atoms with Gasteiger partial charge in [-0.05, 0) is 29.8 Å². The molecule has 2 aromatic carbocycles. The second-order valence-corrected chi connectivity index (χ2v) is 10.1. The summed E-state index contributed by atoms with van der Waals surface area (Å²) in [5, 5.41) is 0. The average molecular weight is 490 g/mol. The van der Waals surface area contributed by atoms with Crippen LogP contribution in [-0.2, 0) is 21.2 Å². The molecule has 0 N–H and O–H groups in total. The van der Waals surface area contributed by atoms with E-state index in [1.807, 2.05) is 30.3 Å². The van der Waals surface area contributed by atoms with E-state index in [2.05, 4.69) is 9.97 Å². The Labute approximate surface area is 203 Å². The fraction of sp³-hybridized carbons (Fsp3) is 0.200. The largest absolute Gasteiger partial charge is 0.593 e. The number of hydrogen-bond donors (Lipinski definition) is 0. The Balaban J connectivity index is 1.41. The molecule has 10 heteroatoms. The first kappa shape index (κ1) is 23.0. The van der Waals surface area contributed by atoms with E-state index in [1.54, 1.807) is 48.7 Å². The molecule has 3 heterocycles. The molecule has 0 bridgehead atoms. The van der Waals surface area contributed by atoms with Crippen LogP contribution in [0.4, 0.5) is 0 Å². The normalized spacial score (nSPS) is 16.2. The molecule has 2 aromatic heterocycles. The summed E-state index contributed by atoms with van der Waals surface area (Å²) in [4.78, 5) is 37.1. The minimum Gasteiger partial charge on any atom is -0.593 e. The van der Waals surface area contributed by atoms with Gasteiger partial charge in [-0.1, -0.05) is 52.7 Å². The summed E-state index contributed by atoms with van der Waals surface area (Å²) in [6.07, 6.45) is 1.58. The first-order valence-electron chi connectivity index (χ1n) is 11.2. The molecule has 1 aliphatic rings. The van der Waals surface area contributed by atoms with E-state index in [-0.39, 0.29) is 43.3 Å². The number of piperazine rings is 1. The molecule has 1 atom stereocenters. The van der Waals surface area contributed by atoms with E-state index in [0.29, 0.717) is 11.2 Å². The molecule has 178 valence electrons. The summed E-state index contributed by atoms with van der Waals surface area (Å²) in [7, 11) is -3.65. The van der Waals surface area contributed by atoms with E-state index < -0.39 is 21.9 Å². The molecule has 1 fully saturated rings. The number of rotatable bonds is 5. The molecule has 0 spiro atoms. The number of benzene rings is 2. The highest BCUT2D eigenvalue weighted by Gasteiger charge is 2.35. The van der Waals surface area contributed by atoms with Gasteiger partial charge in [0, 0.05) is 19.3 Å². The number of amides is 1. The Morgan fingerprint density at radius 1 is 0.914 bits per heavy atom. The SMILES string of the molecule is O=C(c1nc2cccnc2n(Cc2ccccc2)c1=O)N1CCN([S+](=O)([O-])c2ccccc2)CC1. The Kier molecular flexibility index (Phi) is 6.25. The average Bonchev–Trinajstić information content (AvgIpc) is 2.91. The van der Waals surface area contributed by atoms with Crippen LogP contribution < -0.4 is 5.56 Å². The summed E-state index contributed by atoms with van der Waals surface area (Å²) in [6, 6.07) is 21.1. The van der Waals surface area contributed by atoms with Gasteiger partial charge in [0.25, 0.3) is 11.5 Å². The molecule has 0 saturated carbocycles. The first-order chi connectivity index (χ1) is 16.9. The van der Waals surface area contributed by atoms with Gasteiger partial charge in [0.05, 0.1) is 19.6 Å². The second-order valence-electron chi connectivity index (χ2n) is 8.19. The molecule has 1 saturated heterocycles. The predicted octanol–water partition coefficient (Wildman–Crippen LogP) is 2.20. The third kappa shape index (κ3) is 4.51. The molecule has 1 aliphatic heterocycles. The lowest BCUT2D eigenvalue weighted by Gasteiger charge is -2.35. The van der Waals surface area contributed by atoms with Crippen molar-refractivity contribution in [1.82, 2.24) is 23.7 Å². The molecule has 0 radical (unpaired) electrons. The first-order valence-corrected chi connectivity index (χ1v) is 12.6. The zero-order chi connectivity index (χ0) is 24.4. The van der Waals surface area contributed by atoms with E-state index in [1.165, 1.54) is 13.8 Å². The van der Waals surface area contributed by atoms with Crippen LogP contribution in [0, 0.1) is 0 Å². The quantitative estimate of drug-likeness (QED) is 0.398. The van der Waals surface area contributed by atoms with Gasteiger partial charge in [-0.2, -0.15) is 0 Å². The number of fused-ring (bicyclic) bond motifs is 1. The van der Waals surface area contributed by atoms with Crippen molar-refractivity contribution in [1.29, 1.82) is 0 Å². The van der Waals surface area contributed by atoms with Crippen molar-refractivity contribution in [3.63, 3.8) is 0 Å². The highest BCUT2D eigenvalue weighted by Crippen LogP contribution is 2.22. The molecule has 5 rings (SSSR count). The van der Waals surface area contributed by atoms with Gasteiger partial charge in [-0.3, -0.25) is 14.2 Å². The Hall–Kier alpha value is -3.73. The summed E-state index contributed by atoms with van der Waals surface area (Å²) >= 11 is 0. The fourth-order valence-electron chi connectivity index (χ4n) is 4.15. The number of hydrogen-bond acceptors (Lipinski definition) is 6. The van der Waals surface area contributed by atoms with E-state index in [0.717, 1.165) is 5.56 Å². The number of carbonyl (C=O) groups excluding carboxylic acids is 1. The molecule has 4 aromatic rings. The van der Waals surface area contributed by atoms with Crippen molar-refractivity contribution in [2.24, 2.45) is 0 Å². The lowest BCUT2D eigenvalue weighted by atomic mass is 10.2. The number of carbonyl (C=O) groups is 1. The smallest absolute Gasteiger partial charge is 0.284 e. The predicted molar refractivity (Wildman–Crippen MR) is 130 cm³/mol. The molecule has 0 aliphatic carbocycles. The molecule has 35 heavy (non-hydrogen) atoms. The van der Waals surface area contributed by atoms with Crippen molar-refractivity contribution in [3.8, 4) is 0 Å². The van der Waals surface area contributed by atoms with Crippen LogP contribution in [0.15, 0.2) is 88.7 Å². The maximum Gasteiger partial charge on any atom is 0.284 e. The van der Waals surface area contributed by atoms with Crippen molar-refractivity contribution in [2.45, 2.75) is 11.4 Å². The van der Waals surface area contributed by atoms with Crippen molar-refractivity contribution < 1.29 is 13.6 Å². The highest BCUT2D eigenvalue weighted by atomic mass is 32.3. The van der Waals surface area contributed by atoms with Crippen LogP contribution in [0.2, 0.25) is 0 Å². The van der Waals surface area contributed by atoms with Crippen LogP contribution >= 0.6 is 0 Å². The summed E-state index contributed by atoms with van der Waals surface area (Å²) < 4.78 is 28.6. The Bertz CT molecular complexity index is 1470. The fourth-order valence-corrected chi connectivity index (χ4v) is 5.59. The Morgan fingerprint density at radius 3 is 2.26 bits per heavy atom. The maximum atomic E-state index is 13.4. The van der Waals surface area contributed by atoms with Gasteiger partial charge in [0.1, 0.15) is 5.52 Å². The second kappa shape index (κ2) is 9.49. The number of nitrogens with zero attached hydrogens (tertiary/aromatic N) is 5. The molecular formula is C25H23N5O4S. The maximum absolute atomic E-state index is 13.4. The van der Waals surface area contributed by atoms with Gasteiger partial charge in [-0.25, -0.2) is 9.97 Å². The summed E-state index contributed by atoms with van der Waals surface area (Å²) in [5.41, 5.74) is 1.02.